The number of hydrogen-bond acceptors (Lipinski definition) is 2. The zero-order valence-corrected chi connectivity index (χ0v) is 10.8. The van der Waals surface area contributed by atoms with E-state index in [0.717, 1.165) is 25.7 Å². The number of carbonyl (C=O) groups is 1. The van der Waals surface area contributed by atoms with Gasteiger partial charge in [-0.3, -0.25) is 4.79 Å². The minimum Gasteiger partial charge on any atom is -0.388 e. The monoisotopic (exact) mass is 227 g/mol. The fourth-order valence-corrected chi connectivity index (χ4v) is 2.07. The summed E-state index contributed by atoms with van der Waals surface area (Å²) >= 11 is 0. The first kappa shape index (κ1) is 13.5. The maximum absolute atomic E-state index is 11.7. The van der Waals surface area contributed by atoms with E-state index in [9.17, 15) is 9.90 Å². The maximum atomic E-state index is 11.7. The molecule has 1 saturated carbocycles. The van der Waals surface area contributed by atoms with Gasteiger partial charge < -0.3 is 10.4 Å². The molecular weight excluding hydrogens is 202 g/mol. The third kappa shape index (κ3) is 4.12. The zero-order valence-electron chi connectivity index (χ0n) is 10.8. The van der Waals surface area contributed by atoms with Gasteiger partial charge in [0.1, 0.15) is 0 Å². The fraction of sp³-hybridized carbons (Fsp3) is 0.923. The van der Waals surface area contributed by atoms with E-state index in [4.69, 9.17) is 0 Å². The van der Waals surface area contributed by atoms with Crippen molar-refractivity contribution in [1.82, 2.24) is 5.32 Å². The van der Waals surface area contributed by atoms with E-state index in [0.29, 0.717) is 6.54 Å². The van der Waals surface area contributed by atoms with E-state index < -0.39 is 5.60 Å². The van der Waals surface area contributed by atoms with Crippen LogP contribution >= 0.6 is 0 Å². The van der Waals surface area contributed by atoms with E-state index >= 15 is 0 Å². The Bertz CT molecular complexity index is 235. The lowest BCUT2D eigenvalue weighted by Gasteiger charge is -2.28. The Balaban J connectivity index is 2.43. The van der Waals surface area contributed by atoms with Crippen molar-refractivity contribution in [1.29, 1.82) is 0 Å². The van der Waals surface area contributed by atoms with Gasteiger partial charge in [-0.1, -0.05) is 46.5 Å². The maximum Gasteiger partial charge on any atom is 0.225 e. The van der Waals surface area contributed by atoms with Gasteiger partial charge in [-0.15, -0.1) is 0 Å². The van der Waals surface area contributed by atoms with E-state index in [-0.39, 0.29) is 11.3 Å². The molecular formula is C13H25NO2. The molecule has 0 unspecified atom stereocenters. The molecule has 1 aliphatic rings. The topological polar surface area (TPSA) is 49.3 Å². The summed E-state index contributed by atoms with van der Waals surface area (Å²) in [6, 6.07) is 0. The smallest absolute Gasteiger partial charge is 0.225 e. The molecule has 0 saturated heterocycles. The number of carbonyl (C=O) groups excluding carboxylic acids is 1. The average molecular weight is 227 g/mol. The lowest BCUT2D eigenvalue weighted by atomic mass is 9.92. The van der Waals surface area contributed by atoms with Crippen LogP contribution in [0.4, 0.5) is 0 Å². The highest BCUT2D eigenvalue weighted by molar-refractivity contribution is 5.81. The van der Waals surface area contributed by atoms with Crippen LogP contribution in [0.2, 0.25) is 0 Å². The molecule has 2 N–H and O–H groups in total. The van der Waals surface area contributed by atoms with Crippen molar-refractivity contribution in [3.63, 3.8) is 0 Å². The number of nitrogens with one attached hydrogen (secondary N) is 1. The molecule has 1 aliphatic carbocycles. The van der Waals surface area contributed by atoms with Gasteiger partial charge in [-0.25, -0.2) is 0 Å². The molecule has 0 bridgehead atoms. The van der Waals surface area contributed by atoms with Crippen LogP contribution in [0.1, 0.15) is 59.3 Å². The van der Waals surface area contributed by atoms with Gasteiger partial charge >= 0.3 is 0 Å². The van der Waals surface area contributed by atoms with Crippen molar-refractivity contribution in [3.8, 4) is 0 Å². The average Bonchev–Trinajstić information content (AvgIpc) is 2.39. The van der Waals surface area contributed by atoms with Crippen LogP contribution in [0.15, 0.2) is 0 Å². The molecule has 0 spiro atoms. The molecule has 0 aromatic carbocycles. The van der Waals surface area contributed by atoms with Crippen LogP contribution in [-0.4, -0.2) is 23.2 Å². The van der Waals surface area contributed by atoms with Gasteiger partial charge in [-0.05, 0) is 12.8 Å². The normalized spacial score (nSPS) is 21.2. The second kappa shape index (κ2) is 5.17. The highest BCUT2D eigenvalue weighted by Gasteiger charge is 2.30. The predicted molar refractivity (Wildman–Crippen MR) is 65.1 cm³/mol. The minimum absolute atomic E-state index is 0.0187. The molecule has 16 heavy (non-hydrogen) atoms. The summed E-state index contributed by atoms with van der Waals surface area (Å²) in [4.78, 5) is 11.7. The van der Waals surface area contributed by atoms with Crippen molar-refractivity contribution in [3.05, 3.63) is 0 Å². The Morgan fingerprint density at radius 3 is 2.12 bits per heavy atom. The van der Waals surface area contributed by atoms with Gasteiger partial charge in [0.25, 0.3) is 0 Å². The van der Waals surface area contributed by atoms with Gasteiger partial charge in [-0.2, -0.15) is 0 Å². The third-order valence-electron chi connectivity index (χ3n) is 3.29. The molecule has 0 aromatic rings. The standard InChI is InChI=1S/C13H25NO2/c1-12(2,3)11(15)14-10-13(16)8-6-4-5-7-9-13/h16H,4-10H2,1-3H3,(H,14,15). The summed E-state index contributed by atoms with van der Waals surface area (Å²) in [5.41, 5.74) is -1.04. The quantitative estimate of drug-likeness (QED) is 0.711. The Morgan fingerprint density at radius 1 is 1.19 bits per heavy atom. The van der Waals surface area contributed by atoms with Gasteiger partial charge in [0, 0.05) is 12.0 Å². The largest absolute Gasteiger partial charge is 0.388 e. The second-order valence-corrected chi connectivity index (χ2v) is 6.07. The van der Waals surface area contributed by atoms with E-state index in [2.05, 4.69) is 5.32 Å². The van der Waals surface area contributed by atoms with Crippen LogP contribution < -0.4 is 5.32 Å². The van der Waals surface area contributed by atoms with Crippen molar-refractivity contribution in [2.75, 3.05) is 6.54 Å². The summed E-state index contributed by atoms with van der Waals surface area (Å²) in [6.45, 7) is 6.07. The molecule has 0 atom stereocenters. The summed E-state index contributed by atoms with van der Waals surface area (Å²) in [7, 11) is 0. The van der Waals surface area contributed by atoms with E-state index in [1.165, 1.54) is 12.8 Å². The molecule has 94 valence electrons. The molecule has 1 amide bonds. The minimum atomic E-state index is -0.669. The molecule has 0 heterocycles. The number of rotatable bonds is 2. The van der Waals surface area contributed by atoms with Gasteiger partial charge in [0.2, 0.25) is 5.91 Å². The number of aliphatic hydroxyl groups is 1. The summed E-state index contributed by atoms with van der Waals surface area (Å²) in [5.74, 6) is 0.0187. The molecule has 0 radical (unpaired) electrons. The van der Waals surface area contributed by atoms with Crippen molar-refractivity contribution in [2.24, 2.45) is 5.41 Å². The van der Waals surface area contributed by atoms with Crippen LogP contribution in [0.3, 0.4) is 0 Å². The van der Waals surface area contributed by atoms with Crippen molar-refractivity contribution in [2.45, 2.75) is 64.9 Å². The van der Waals surface area contributed by atoms with Crippen molar-refractivity contribution < 1.29 is 9.90 Å². The Kier molecular flexibility index (Phi) is 4.36. The molecule has 1 rings (SSSR count). The Hall–Kier alpha value is -0.570. The number of amides is 1. The lowest BCUT2D eigenvalue weighted by Crippen LogP contribution is -2.45. The molecule has 3 nitrogen and oxygen atoms in total. The highest BCUT2D eigenvalue weighted by Crippen LogP contribution is 2.26. The van der Waals surface area contributed by atoms with Gasteiger partial charge in [0.05, 0.1) is 5.60 Å². The van der Waals surface area contributed by atoms with Crippen LogP contribution in [0.5, 0.6) is 0 Å². The van der Waals surface area contributed by atoms with Crippen LogP contribution in [0, 0.1) is 5.41 Å². The van der Waals surface area contributed by atoms with E-state index in [1.54, 1.807) is 0 Å². The fourth-order valence-electron chi connectivity index (χ4n) is 2.07. The number of hydrogen-bond donors (Lipinski definition) is 2. The van der Waals surface area contributed by atoms with Crippen LogP contribution in [-0.2, 0) is 4.79 Å². The molecule has 0 aromatic heterocycles. The first-order valence-electron chi connectivity index (χ1n) is 6.34. The highest BCUT2D eigenvalue weighted by atomic mass is 16.3. The SMILES string of the molecule is CC(C)(C)C(=O)NCC1(O)CCCCCC1. The second-order valence-electron chi connectivity index (χ2n) is 6.07. The predicted octanol–water partition coefficient (Wildman–Crippen LogP) is 2.23. The third-order valence-corrected chi connectivity index (χ3v) is 3.29. The summed E-state index contributed by atoms with van der Waals surface area (Å²) in [6.07, 6.45) is 6.18. The summed E-state index contributed by atoms with van der Waals surface area (Å²) < 4.78 is 0. The summed E-state index contributed by atoms with van der Waals surface area (Å²) in [5, 5.41) is 13.2. The molecule has 0 aliphatic heterocycles. The first-order chi connectivity index (χ1) is 7.33. The Labute approximate surface area is 98.6 Å². The Morgan fingerprint density at radius 2 is 1.69 bits per heavy atom. The lowest BCUT2D eigenvalue weighted by molar-refractivity contribution is -0.129. The van der Waals surface area contributed by atoms with Gasteiger partial charge in [0.15, 0.2) is 0 Å². The first-order valence-corrected chi connectivity index (χ1v) is 6.34. The van der Waals surface area contributed by atoms with Crippen LogP contribution in [0.25, 0.3) is 0 Å². The molecule has 3 heteroatoms. The van der Waals surface area contributed by atoms with Crippen molar-refractivity contribution >= 4 is 5.91 Å². The zero-order chi connectivity index (χ0) is 12.2. The van der Waals surface area contributed by atoms with E-state index in [1.807, 2.05) is 20.8 Å². The molecule has 1 fully saturated rings.